The standard InChI is InChI=1S/C13H19NO4/c1-3-17-9-10(2)18-13(16)8-14-11-4-6-12(15)7-5-11/h4-7,10,14-15H,3,8-9H2,1-2H3. The number of aromatic hydroxyl groups is 1. The molecular weight excluding hydrogens is 234 g/mol. The molecule has 2 N–H and O–H groups in total. The molecule has 0 aliphatic rings. The second kappa shape index (κ2) is 7.55. The second-order valence-corrected chi connectivity index (χ2v) is 3.86. The molecule has 1 unspecified atom stereocenters. The van der Waals surface area contributed by atoms with E-state index in [1.165, 1.54) is 0 Å². The summed E-state index contributed by atoms with van der Waals surface area (Å²) in [7, 11) is 0. The van der Waals surface area contributed by atoms with E-state index in [4.69, 9.17) is 14.6 Å². The fourth-order valence-corrected chi connectivity index (χ4v) is 1.34. The number of rotatable bonds is 7. The number of carbonyl (C=O) groups is 1. The molecule has 0 spiro atoms. The molecule has 0 heterocycles. The van der Waals surface area contributed by atoms with Crippen molar-refractivity contribution in [2.75, 3.05) is 25.1 Å². The number of nitrogens with one attached hydrogen (secondary N) is 1. The molecule has 0 radical (unpaired) electrons. The van der Waals surface area contributed by atoms with Gasteiger partial charge in [0.1, 0.15) is 18.4 Å². The van der Waals surface area contributed by atoms with Crippen molar-refractivity contribution in [3.63, 3.8) is 0 Å². The van der Waals surface area contributed by atoms with Crippen LogP contribution in [0.3, 0.4) is 0 Å². The fourth-order valence-electron chi connectivity index (χ4n) is 1.34. The maximum absolute atomic E-state index is 11.5. The highest BCUT2D eigenvalue weighted by atomic mass is 16.6. The Morgan fingerprint density at radius 2 is 2.06 bits per heavy atom. The molecule has 0 saturated heterocycles. The van der Waals surface area contributed by atoms with E-state index in [0.717, 1.165) is 5.69 Å². The molecule has 5 heteroatoms. The number of phenols is 1. The lowest BCUT2D eigenvalue weighted by Crippen LogP contribution is -2.25. The lowest BCUT2D eigenvalue weighted by Gasteiger charge is -2.13. The average molecular weight is 253 g/mol. The molecule has 1 aromatic carbocycles. The van der Waals surface area contributed by atoms with Gasteiger partial charge in [-0.2, -0.15) is 0 Å². The third-order valence-corrected chi connectivity index (χ3v) is 2.19. The van der Waals surface area contributed by atoms with Crippen LogP contribution in [0.5, 0.6) is 5.75 Å². The third-order valence-electron chi connectivity index (χ3n) is 2.19. The van der Waals surface area contributed by atoms with Crippen molar-refractivity contribution >= 4 is 11.7 Å². The first-order valence-electron chi connectivity index (χ1n) is 5.92. The van der Waals surface area contributed by atoms with Crippen LogP contribution < -0.4 is 5.32 Å². The highest BCUT2D eigenvalue weighted by molar-refractivity contribution is 5.75. The van der Waals surface area contributed by atoms with Crippen molar-refractivity contribution in [1.29, 1.82) is 0 Å². The summed E-state index contributed by atoms with van der Waals surface area (Å²) in [5.41, 5.74) is 0.752. The lowest BCUT2D eigenvalue weighted by atomic mass is 10.3. The first-order valence-corrected chi connectivity index (χ1v) is 5.92. The predicted octanol–water partition coefficient (Wildman–Crippen LogP) is 1.77. The van der Waals surface area contributed by atoms with Crippen LogP contribution in [0.25, 0.3) is 0 Å². The molecule has 5 nitrogen and oxygen atoms in total. The van der Waals surface area contributed by atoms with Gasteiger partial charge in [0.05, 0.1) is 6.61 Å². The van der Waals surface area contributed by atoms with E-state index in [-0.39, 0.29) is 24.4 Å². The first kappa shape index (κ1) is 14.3. The minimum atomic E-state index is -0.338. The number of hydrogen-bond acceptors (Lipinski definition) is 5. The summed E-state index contributed by atoms with van der Waals surface area (Å²) in [6.45, 7) is 4.77. The molecule has 100 valence electrons. The minimum absolute atomic E-state index is 0.0846. The zero-order valence-corrected chi connectivity index (χ0v) is 10.7. The van der Waals surface area contributed by atoms with Gasteiger partial charge in [-0.15, -0.1) is 0 Å². The molecule has 1 rings (SSSR count). The largest absolute Gasteiger partial charge is 0.508 e. The van der Waals surface area contributed by atoms with Crippen LogP contribution in [0.4, 0.5) is 5.69 Å². The topological polar surface area (TPSA) is 67.8 Å². The molecule has 1 atom stereocenters. The summed E-state index contributed by atoms with van der Waals surface area (Å²) < 4.78 is 10.3. The number of benzene rings is 1. The van der Waals surface area contributed by atoms with Gasteiger partial charge in [-0.3, -0.25) is 4.79 Å². The Bertz CT molecular complexity index is 364. The Labute approximate surface area is 107 Å². The van der Waals surface area contributed by atoms with E-state index in [2.05, 4.69) is 5.32 Å². The first-order chi connectivity index (χ1) is 8.61. The Kier molecular flexibility index (Phi) is 6.00. The van der Waals surface area contributed by atoms with Gasteiger partial charge in [-0.25, -0.2) is 0 Å². The van der Waals surface area contributed by atoms with Gasteiger partial charge >= 0.3 is 5.97 Å². The zero-order valence-electron chi connectivity index (χ0n) is 10.7. The summed E-state index contributed by atoms with van der Waals surface area (Å²) in [5, 5.41) is 12.0. The Morgan fingerprint density at radius 3 is 2.67 bits per heavy atom. The van der Waals surface area contributed by atoms with Gasteiger partial charge in [-0.05, 0) is 38.1 Å². The Hall–Kier alpha value is -1.75. The van der Waals surface area contributed by atoms with Gasteiger partial charge in [0.15, 0.2) is 0 Å². The molecule has 0 bridgehead atoms. The zero-order chi connectivity index (χ0) is 13.4. The molecular formula is C13H19NO4. The second-order valence-electron chi connectivity index (χ2n) is 3.86. The molecule has 0 aliphatic carbocycles. The minimum Gasteiger partial charge on any atom is -0.508 e. The number of phenolic OH excluding ortho intramolecular Hbond substituents is 1. The molecule has 0 aromatic heterocycles. The van der Waals surface area contributed by atoms with Crippen LogP contribution in [0, 0.1) is 0 Å². The molecule has 0 aliphatic heterocycles. The van der Waals surface area contributed by atoms with Crippen molar-refractivity contribution in [2.45, 2.75) is 20.0 Å². The molecule has 0 saturated carbocycles. The van der Waals surface area contributed by atoms with E-state index in [1.54, 1.807) is 31.2 Å². The maximum atomic E-state index is 11.5. The third kappa shape index (κ3) is 5.54. The van der Waals surface area contributed by atoms with Crippen LogP contribution in [0.1, 0.15) is 13.8 Å². The fraction of sp³-hybridized carbons (Fsp3) is 0.462. The molecule has 18 heavy (non-hydrogen) atoms. The summed E-state index contributed by atoms with van der Waals surface area (Å²) in [5.74, 6) is -0.149. The van der Waals surface area contributed by atoms with E-state index in [9.17, 15) is 4.79 Å². The van der Waals surface area contributed by atoms with Crippen LogP contribution in [-0.4, -0.2) is 36.9 Å². The van der Waals surface area contributed by atoms with Gasteiger partial charge < -0.3 is 19.9 Å². The molecule has 1 aromatic rings. The Morgan fingerprint density at radius 1 is 1.39 bits per heavy atom. The maximum Gasteiger partial charge on any atom is 0.325 e. The number of anilines is 1. The highest BCUT2D eigenvalue weighted by Gasteiger charge is 2.09. The number of ether oxygens (including phenoxy) is 2. The van der Waals surface area contributed by atoms with Gasteiger partial charge in [0, 0.05) is 12.3 Å². The van der Waals surface area contributed by atoms with Crippen molar-refractivity contribution in [1.82, 2.24) is 0 Å². The van der Waals surface area contributed by atoms with Crippen molar-refractivity contribution in [2.24, 2.45) is 0 Å². The molecule has 0 amide bonds. The highest BCUT2D eigenvalue weighted by Crippen LogP contribution is 2.13. The van der Waals surface area contributed by atoms with E-state index in [0.29, 0.717) is 13.2 Å². The predicted molar refractivity (Wildman–Crippen MR) is 68.6 cm³/mol. The Balaban J connectivity index is 2.26. The lowest BCUT2D eigenvalue weighted by molar-refractivity contribution is -0.148. The average Bonchev–Trinajstić information content (AvgIpc) is 2.35. The monoisotopic (exact) mass is 253 g/mol. The summed E-state index contributed by atoms with van der Waals surface area (Å²) in [6.07, 6.45) is -0.251. The van der Waals surface area contributed by atoms with Crippen molar-refractivity contribution < 1.29 is 19.4 Å². The number of esters is 1. The summed E-state index contributed by atoms with van der Waals surface area (Å²) in [4.78, 5) is 11.5. The van der Waals surface area contributed by atoms with Gasteiger partial charge in [-0.1, -0.05) is 0 Å². The quantitative estimate of drug-likeness (QED) is 0.572. The van der Waals surface area contributed by atoms with Crippen LogP contribution >= 0.6 is 0 Å². The van der Waals surface area contributed by atoms with Crippen molar-refractivity contribution in [3.8, 4) is 5.75 Å². The smallest absolute Gasteiger partial charge is 0.325 e. The van der Waals surface area contributed by atoms with Crippen LogP contribution in [-0.2, 0) is 14.3 Å². The van der Waals surface area contributed by atoms with E-state index in [1.807, 2.05) is 6.92 Å². The summed E-state index contributed by atoms with van der Waals surface area (Å²) >= 11 is 0. The number of carbonyl (C=O) groups excluding carboxylic acids is 1. The van der Waals surface area contributed by atoms with Gasteiger partial charge in [0.25, 0.3) is 0 Å². The molecule has 0 fully saturated rings. The SMILES string of the molecule is CCOCC(C)OC(=O)CNc1ccc(O)cc1. The van der Waals surface area contributed by atoms with E-state index >= 15 is 0 Å². The van der Waals surface area contributed by atoms with E-state index < -0.39 is 0 Å². The normalized spacial score (nSPS) is 11.9. The summed E-state index contributed by atoms with van der Waals surface area (Å²) in [6, 6.07) is 6.47. The van der Waals surface area contributed by atoms with Crippen molar-refractivity contribution in [3.05, 3.63) is 24.3 Å². The van der Waals surface area contributed by atoms with Gasteiger partial charge in [0.2, 0.25) is 0 Å². The number of hydrogen-bond donors (Lipinski definition) is 2. The van der Waals surface area contributed by atoms with Crippen LogP contribution in [0.15, 0.2) is 24.3 Å². The van der Waals surface area contributed by atoms with Crippen LogP contribution in [0.2, 0.25) is 0 Å².